The number of ether oxygens (including phenoxy) is 4. The monoisotopic (exact) mass is 1500 g/mol. The molecule has 0 aromatic rings. The van der Waals surface area contributed by atoms with Crippen LogP contribution in [-0.4, -0.2) is 96.7 Å². The van der Waals surface area contributed by atoms with Gasteiger partial charge in [0.2, 0.25) is 0 Å². The highest BCUT2D eigenvalue weighted by molar-refractivity contribution is 7.47. The molecule has 0 aliphatic heterocycles. The Bertz CT molecular complexity index is 2540. The van der Waals surface area contributed by atoms with Gasteiger partial charge in [-0.05, 0) is 161 Å². The van der Waals surface area contributed by atoms with Crippen molar-refractivity contribution in [2.75, 3.05) is 39.6 Å². The molecule has 0 saturated heterocycles. The summed E-state index contributed by atoms with van der Waals surface area (Å²) in [6, 6.07) is 0. The van der Waals surface area contributed by atoms with Gasteiger partial charge in [0, 0.05) is 25.7 Å². The van der Waals surface area contributed by atoms with E-state index in [-0.39, 0.29) is 25.7 Å². The number of aliphatic hydroxyl groups is 1. The minimum Gasteiger partial charge on any atom is -0.462 e. The van der Waals surface area contributed by atoms with Crippen molar-refractivity contribution in [1.29, 1.82) is 0 Å². The van der Waals surface area contributed by atoms with Crippen LogP contribution in [0, 0.1) is 0 Å². The number of carbonyl (C=O) groups excluding carboxylic acids is 4. The zero-order chi connectivity index (χ0) is 76.0. The van der Waals surface area contributed by atoms with Gasteiger partial charge >= 0.3 is 39.5 Å². The van der Waals surface area contributed by atoms with Crippen LogP contribution in [0.2, 0.25) is 0 Å². The highest BCUT2D eigenvalue weighted by atomic mass is 31.2. The lowest BCUT2D eigenvalue weighted by molar-refractivity contribution is -0.161. The highest BCUT2D eigenvalue weighted by Gasteiger charge is 2.30. The zero-order valence-corrected chi connectivity index (χ0v) is 66.7. The fraction of sp³-hybridized carbons (Fsp3) is 0.671. The van der Waals surface area contributed by atoms with E-state index < -0.39 is 97.5 Å². The van der Waals surface area contributed by atoms with E-state index in [4.69, 9.17) is 37.0 Å². The Balaban J connectivity index is 5.37. The Morgan fingerprint density at radius 2 is 0.510 bits per heavy atom. The van der Waals surface area contributed by atoms with E-state index in [1.165, 1.54) is 32.1 Å². The average molecular weight is 1500 g/mol. The van der Waals surface area contributed by atoms with Crippen LogP contribution in [0.15, 0.2) is 146 Å². The van der Waals surface area contributed by atoms with E-state index in [2.05, 4.69) is 174 Å². The molecule has 5 atom stereocenters. The summed E-state index contributed by atoms with van der Waals surface area (Å²) >= 11 is 0. The van der Waals surface area contributed by atoms with Crippen molar-refractivity contribution in [2.24, 2.45) is 0 Å². The van der Waals surface area contributed by atoms with Gasteiger partial charge in [-0.1, -0.05) is 270 Å². The fourth-order valence-electron chi connectivity index (χ4n) is 10.2. The predicted octanol–water partition coefficient (Wildman–Crippen LogP) is 23.4. The molecule has 19 heteroatoms. The van der Waals surface area contributed by atoms with E-state index in [9.17, 15) is 43.2 Å². The first-order valence-electron chi connectivity index (χ1n) is 40.1. The molecule has 0 aliphatic carbocycles. The van der Waals surface area contributed by atoms with Crippen LogP contribution in [-0.2, 0) is 65.4 Å². The van der Waals surface area contributed by atoms with Crippen molar-refractivity contribution in [3.8, 4) is 0 Å². The van der Waals surface area contributed by atoms with Crippen molar-refractivity contribution < 1.29 is 80.2 Å². The summed E-state index contributed by atoms with van der Waals surface area (Å²) in [6.45, 7) is 4.49. The largest absolute Gasteiger partial charge is 0.472 e. The zero-order valence-electron chi connectivity index (χ0n) is 64.9. The van der Waals surface area contributed by atoms with Crippen molar-refractivity contribution in [3.63, 3.8) is 0 Å². The van der Waals surface area contributed by atoms with Crippen LogP contribution in [0.25, 0.3) is 0 Å². The first kappa shape index (κ1) is 98.9. The van der Waals surface area contributed by atoms with Gasteiger partial charge in [-0.15, -0.1) is 0 Å². The third-order valence-corrected chi connectivity index (χ3v) is 18.2. The number of aliphatic hydroxyl groups excluding tert-OH is 1. The second kappa shape index (κ2) is 76.1. The molecule has 0 heterocycles. The van der Waals surface area contributed by atoms with Gasteiger partial charge in [0.15, 0.2) is 12.2 Å². The van der Waals surface area contributed by atoms with Crippen LogP contribution in [0.5, 0.6) is 0 Å². The minimum absolute atomic E-state index is 0.0349. The van der Waals surface area contributed by atoms with E-state index in [0.717, 1.165) is 193 Å². The molecule has 3 N–H and O–H groups in total. The van der Waals surface area contributed by atoms with E-state index in [0.29, 0.717) is 32.1 Å². The third kappa shape index (κ3) is 75.2. The molecule has 0 aromatic heterocycles. The second-order valence-electron chi connectivity index (χ2n) is 26.2. The number of hydrogen-bond acceptors (Lipinski definition) is 15. The molecule has 0 saturated carbocycles. The van der Waals surface area contributed by atoms with Crippen LogP contribution < -0.4 is 0 Å². The molecule has 104 heavy (non-hydrogen) atoms. The van der Waals surface area contributed by atoms with E-state index in [1.807, 2.05) is 0 Å². The van der Waals surface area contributed by atoms with Crippen LogP contribution >= 0.6 is 15.6 Å². The number of carbonyl (C=O) groups is 4. The van der Waals surface area contributed by atoms with Crippen molar-refractivity contribution >= 4 is 39.5 Å². The Morgan fingerprint density at radius 1 is 0.279 bits per heavy atom. The normalized spacial score (nSPS) is 14.6. The maximum absolute atomic E-state index is 13.1. The van der Waals surface area contributed by atoms with E-state index in [1.54, 1.807) is 0 Å². The average Bonchev–Trinajstić information content (AvgIpc) is 0.929. The summed E-state index contributed by atoms with van der Waals surface area (Å²) in [5, 5.41) is 10.6. The molecule has 0 fully saturated rings. The molecule has 0 aromatic carbocycles. The molecule has 594 valence electrons. The Kier molecular flexibility index (Phi) is 72.4. The smallest absolute Gasteiger partial charge is 0.462 e. The van der Waals surface area contributed by atoms with Gasteiger partial charge in [0.05, 0.1) is 26.4 Å². The van der Waals surface area contributed by atoms with Gasteiger partial charge in [0.25, 0.3) is 0 Å². The van der Waals surface area contributed by atoms with Gasteiger partial charge in [-0.3, -0.25) is 37.3 Å². The molecule has 0 aliphatic rings. The Hall–Kier alpha value is -5.06. The molecule has 0 radical (unpaired) electrons. The van der Waals surface area contributed by atoms with E-state index >= 15 is 0 Å². The number of hydrogen-bond donors (Lipinski definition) is 3. The number of allylic oxidation sites excluding steroid dienone is 24. The molecule has 0 rings (SSSR count). The van der Waals surface area contributed by atoms with Gasteiger partial charge in [0.1, 0.15) is 19.3 Å². The number of phosphoric ester groups is 2. The van der Waals surface area contributed by atoms with Crippen molar-refractivity contribution in [3.05, 3.63) is 146 Å². The van der Waals surface area contributed by atoms with Crippen molar-refractivity contribution in [2.45, 2.75) is 329 Å². The topological polar surface area (TPSA) is 237 Å². The van der Waals surface area contributed by atoms with Gasteiger partial charge < -0.3 is 33.8 Å². The summed E-state index contributed by atoms with van der Waals surface area (Å²) < 4.78 is 68.5. The summed E-state index contributed by atoms with van der Waals surface area (Å²) in [6.07, 6.45) is 86.9. The highest BCUT2D eigenvalue weighted by Crippen LogP contribution is 2.45. The second-order valence-corrected chi connectivity index (χ2v) is 29.1. The lowest BCUT2D eigenvalue weighted by atomic mass is 10.1. The Labute approximate surface area is 630 Å². The first-order valence-corrected chi connectivity index (χ1v) is 43.1. The maximum atomic E-state index is 13.1. The molecule has 17 nitrogen and oxygen atoms in total. The number of phosphoric acid groups is 2. The fourth-order valence-corrected chi connectivity index (χ4v) is 11.8. The summed E-state index contributed by atoms with van der Waals surface area (Å²) in [5.41, 5.74) is 0. The van der Waals surface area contributed by atoms with Gasteiger partial charge in [-0.2, -0.15) is 0 Å². The van der Waals surface area contributed by atoms with Crippen LogP contribution in [0.4, 0.5) is 0 Å². The predicted molar refractivity (Wildman–Crippen MR) is 427 cm³/mol. The lowest BCUT2D eigenvalue weighted by Crippen LogP contribution is -2.30. The minimum atomic E-state index is -5.00. The summed E-state index contributed by atoms with van der Waals surface area (Å²) in [5.74, 6) is -2.26. The first-order chi connectivity index (χ1) is 50.7. The van der Waals surface area contributed by atoms with Gasteiger partial charge in [-0.25, -0.2) is 9.13 Å². The third-order valence-electron chi connectivity index (χ3n) is 16.3. The molecule has 5 unspecified atom stereocenters. The molecule has 0 spiro atoms. The number of unbranched alkanes of at least 4 members (excludes halogenated alkanes) is 24. The standard InChI is InChI=1S/C85H142O17P2/c1-5-9-13-17-21-25-29-32-35-37-39-41-44-46-50-53-57-61-65-69-82(87)95-75-80(101-84(89)71-67-63-59-55-49-28-24-20-16-12-8-4)77-99-103(91,92)97-73-79(86)74-98-104(93,94)100-78-81(102-85(90)72-68-64-60-56-52-48-43-34-31-27-23-19-15-11-7-3)76-96-83(88)70-66-62-58-54-51-47-45-42-40-38-36-33-30-26-22-18-14-10-6-2/h10-11,14-15,20-27,32-36,39-43,52,56,79-81,86H,5-9,12-13,16-19,28-31,37-38,44-51,53-55,57-78H2,1-4H3,(H,91,92)(H,93,94)/b14-10-,15-11-,24-20-,25-21-,26-22-,27-23-,35-32-,36-33-,41-39-,42-40-,43-34-,56-52-. The summed E-state index contributed by atoms with van der Waals surface area (Å²) in [4.78, 5) is 73.0. The van der Waals surface area contributed by atoms with Crippen molar-refractivity contribution in [1.82, 2.24) is 0 Å². The molecule has 0 bridgehead atoms. The number of rotatable bonds is 74. The Morgan fingerprint density at radius 3 is 0.827 bits per heavy atom. The maximum Gasteiger partial charge on any atom is 0.472 e. The number of esters is 4. The lowest BCUT2D eigenvalue weighted by Gasteiger charge is -2.21. The SMILES string of the molecule is CC/C=C\C/C=C\C/C=C\C/C=C\CCCCCCCCC(=O)OCC(COP(=O)(O)OCC(O)COP(=O)(O)OCC(COC(=O)CCCCCCCC/C=C\C/C=C\C/C=C\CCCCC)OC(=O)CCCCCCC/C=C\CCCC)OC(=O)CCCC/C=C\C/C=C\C/C=C\C/C=C\CC. The van der Waals surface area contributed by atoms with Crippen LogP contribution in [0.1, 0.15) is 310 Å². The molecule has 0 amide bonds. The quantitative estimate of drug-likeness (QED) is 0.0169. The van der Waals surface area contributed by atoms with Crippen LogP contribution in [0.3, 0.4) is 0 Å². The summed E-state index contributed by atoms with van der Waals surface area (Å²) in [7, 11) is -9.99. The molecular weight excluding hydrogens is 1350 g/mol. The molecular formula is C85H142O17P2.